The van der Waals surface area contributed by atoms with Crippen LogP contribution in [-0.4, -0.2) is 36.9 Å². The van der Waals surface area contributed by atoms with E-state index < -0.39 is 5.97 Å². The molecule has 0 amide bonds. The minimum absolute atomic E-state index is 0.0456. The van der Waals surface area contributed by atoms with E-state index in [4.69, 9.17) is 23.5 Å². The molecule has 0 fully saturated rings. The first-order valence-corrected chi connectivity index (χ1v) is 8.59. The third-order valence-corrected chi connectivity index (χ3v) is 3.85. The van der Waals surface area contributed by atoms with Crippen LogP contribution in [0.25, 0.3) is 11.3 Å². The summed E-state index contributed by atoms with van der Waals surface area (Å²) in [6.07, 6.45) is 1.55. The Morgan fingerprint density at radius 3 is 2.68 bits per heavy atom. The minimum Gasteiger partial charge on any atom is -0.493 e. The first kappa shape index (κ1) is 19.2. The lowest BCUT2D eigenvalue weighted by Crippen LogP contribution is -2.09. The van der Waals surface area contributed by atoms with Crippen LogP contribution in [0.4, 0.5) is 0 Å². The number of nitrogens with zero attached hydrogens (tertiary/aromatic N) is 2. The Balaban J connectivity index is 1.69. The van der Waals surface area contributed by atoms with Gasteiger partial charge in [0.2, 0.25) is 5.88 Å². The number of carbonyl (C=O) groups excluding carboxylic acids is 1. The summed E-state index contributed by atoms with van der Waals surface area (Å²) in [6, 6.07) is 10.3. The molecule has 0 saturated carbocycles. The lowest BCUT2D eigenvalue weighted by Gasteiger charge is -2.08. The van der Waals surface area contributed by atoms with Crippen LogP contribution in [-0.2, 0) is 11.3 Å². The number of carbonyl (C=O) groups is 1. The van der Waals surface area contributed by atoms with Gasteiger partial charge in [-0.3, -0.25) is 0 Å². The molecule has 0 aliphatic heterocycles. The molecule has 2 aromatic heterocycles. The summed E-state index contributed by atoms with van der Waals surface area (Å²) in [4.78, 5) is 16.4. The van der Waals surface area contributed by atoms with Gasteiger partial charge in [0.1, 0.15) is 17.9 Å². The van der Waals surface area contributed by atoms with Crippen molar-refractivity contribution in [2.24, 2.45) is 0 Å². The van der Waals surface area contributed by atoms with E-state index in [0.29, 0.717) is 29.6 Å². The molecule has 2 heterocycles. The maximum Gasteiger partial charge on any atom is 0.344 e. The van der Waals surface area contributed by atoms with E-state index in [1.165, 1.54) is 0 Å². The van der Waals surface area contributed by atoms with Gasteiger partial charge in [0.15, 0.2) is 17.3 Å². The molecule has 3 aromatic rings. The van der Waals surface area contributed by atoms with Crippen molar-refractivity contribution >= 4 is 5.97 Å². The molecule has 146 valence electrons. The summed E-state index contributed by atoms with van der Waals surface area (Å²) in [5.41, 5.74) is 1.49. The number of hydrogen-bond donors (Lipinski definition) is 0. The van der Waals surface area contributed by atoms with Crippen molar-refractivity contribution in [1.29, 1.82) is 0 Å². The summed E-state index contributed by atoms with van der Waals surface area (Å²) in [5, 5.41) is 3.94. The molecule has 0 atom stereocenters. The molecule has 0 aliphatic rings. The van der Waals surface area contributed by atoms with Crippen molar-refractivity contribution in [3.8, 4) is 28.7 Å². The number of benzene rings is 1. The van der Waals surface area contributed by atoms with Crippen LogP contribution in [0.2, 0.25) is 0 Å². The Hall–Kier alpha value is -3.55. The van der Waals surface area contributed by atoms with Crippen LogP contribution >= 0.6 is 0 Å². The van der Waals surface area contributed by atoms with Crippen molar-refractivity contribution in [3.63, 3.8) is 0 Å². The fourth-order valence-corrected chi connectivity index (χ4v) is 2.52. The number of pyridine rings is 1. The highest BCUT2D eigenvalue weighted by Gasteiger charge is 2.16. The topological polar surface area (TPSA) is 92.9 Å². The van der Waals surface area contributed by atoms with Crippen LogP contribution in [0.3, 0.4) is 0 Å². The SMILES string of the molecule is CCOc1ncccc1C(=O)OCc1cc(-c2ccc(OC)c(OC)c2)on1. The van der Waals surface area contributed by atoms with Gasteiger partial charge in [-0.15, -0.1) is 0 Å². The van der Waals surface area contributed by atoms with E-state index in [9.17, 15) is 4.79 Å². The number of esters is 1. The lowest BCUT2D eigenvalue weighted by molar-refractivity contribution is 0.0459. The average molecular weight is 384 g/mol. The normalized spacial score (nSPS) is 10.4. The molecule has 0 aliphatic carbocycles. The second-order valence-electron chi connectivity index (χ2n) is 5.62. The standard InChI is InChI=1S/C20H20N2O6/c1-4-26-19-15(6-5-9-21-19)20(23)27-12-14-11-17(28-22-14)13-7-8-16(24-2)18(10-13)25-3/h5-11H,4,12H2,1-3H3. The van der Waals surface area contributed by atoms with Gasteiger partial charge in [-0.1, -0.05) is 5.16 Å². The average Bonchev–Trinajstić information content (AvgIpc) is 3.21. The van der Waals surface area contributed by atoms with Gasteiger partial charge in [0.25, 0.3) is 0 Å². The highest BCUT2D eigenvalue weighted by atomic mass is 16.5. The molecular formula is C20H20N2O6. The fourth-order valence-electron chi connectivity index (χ4n) is 2.52. The highest BCUT2D eigenvalue weighted by Crippen LogP contribution is 2.32. The largest absolute Gasteiger partial charge is 0.493 e. The molecule has 8 heteroatoms. The number of rotatable bonds is 8. The summed E-state index contributed by atoms with van der Waals surface area (Å²) < 4.78 is 26.5. The van der Waals surface area contributed by atoms with Crippen molar-refractivity contribution < 1.29 is 28.3 Å². The molecule has 1 aromatic carbocycles. The minimum atomic E-state index is -0.549. The maximum absolute atomic E-state index is 12.3. The molecule has 0 bridgehead atoms. The first-order chi connectivity index (χ1) is 13.7. The van der Waals surface area contributed by atoms with Crippen molar-refractivity contribution in [2.75, 3.05) is 20.8 Å². The molecule has 8 nitrogen and oxygen atoms in total. The molecule has 0 spiro atoms. The third kappa shape index (κ3) is 4.22. The molecule has 0 saturated heterocycles. The highest BCUT2D eigenvalue weighted by molar-refractivity contribution is 5.91. The van der Waals surface area contributed by atoms with Crippen LogP contribution < -0.4 is 14.2 Å². The summed E-state index contributed by atoms with van der Waals surface area (Å²) >= 11 is 0. The monoisotopic (exact) mass is 384 g/mol. The lowest BCUT2D eigenvalue weighted by atomic mass is 10.1. The van der Waals surface area contributed by atoms with Crippen LogP contribution in [0.5, 0.6) is 17.4 Å². The predicted molar refractivity (Wildman–Crippen MR) is 99.6 cm³/mol. The van der Waals surface area contributed by atoms with Gasteiger partial charge in [-0.05, 0) is 37.3 Å². The van der Waals surface area contributed by atoms with Crippen molar-refractivity contribution in [1.82, 2.24) is 10.1 Å². The predicted octanol–water partition coefficient (Wildman–Crippen LogP) is 3.51. The molecule has 3 rings (SSSR count). The Morgan fingerprint density at radius 2 is 1.93 bits per heavy atom. The Labute approximate surface area is 162 Å². The van der Waals surface area contributed by atoms with Gasteiger partial charge in [0, 0.05) is 17.8 Å². The van der Waals surface area contributed by atoms with Gasteiger partial charge >= 0.3 is 5.97 Å². The van der Waals surface area contributed by atoms with Gasteiger partial charge < -0.3 is 23.5 Å². The maximum atomic E-state index is 12.3. The van der Waals surface area contributed by atoms with E-state index >= 15 is 0 Å². The molecule has 0 unspecified atom stereocenters. The van der Waals surface area contributed by atoms with E-state index in [-0.39, 0.29) is 18.1 Å². The fraction of sp³-hybridized carbons (Fsp3) is 0.250. The Bertz CT molecular complexity index is 953. The van der Waals surface area contributed by atoms with E-state index in [1.807, 2.05) is 13.0 Å². The van der Waals surface area contributed by atoms with Gasteiger partial charge in [-0.25, -0.2) is 9.78 Å². The zero-order chi connectivity index (χ0) is 19.9. The zero-order valence-electron chi connectivity index (χ0n) is 15.8. The van der Waals surface area contributed by atoms with Crippen LogP contribution in [0.15, 0.2) is 47.1 Å². The number of hydrogen-bond acceptors (Lipinski definition) is 8. The number of aromatic nitrogens is 2. The van der Waals surface area contributed by atoms with Crippen LogP contribution in [0.1, 0.15) is 23.0 Å². The second-order valence-corrected chi connectivity index (χ2v) is 5.62. The quantitative estimate of drug-likeness (QED) is 0.545. The summed E-state index contributed by atoms with van der Waals surface area (Å²) in [6.45, 7) is 2.17. The molecular weight excluding hydrogens is 364 g/mol. The molecule has 28 heavy (non-hydrogen) atoms. The first-order valence-electron chi connectivity index (χ1n) is 8.59. The summed E-state index contributed by atoms with van der Waals surface area (Å²) in [5.74, 6) is 1.39. The smallest absolute Gasteiger partial charge is 0.344 e. The van der Waals surface area contributed by atoms with E-state index in [0.717, 1.165) is 5.56 Å². The molecule has 0 N–H and O–H groups in total. The summed E-state index contributed by atoms with van der Waals surface area (Å²) in [7, 11) is 3.12. The van der Waals surface area contributed by atoms with E-state index in [1.54, 1.807) is 50.7 Å². The third-order valence-electron chi connectivity index (χ3n) is 3.85. The van der Waals surface area contributed by atoms with Gasteiger partial charge in [-0.2, -0.15) is 0 Å². The van der Waals surface area contributed by atoms with Crippen LogP contribution in [0, 0.1) is 0 Å². The molecule has 0 radical (unpaired) electrons. The zero-order valence-corrected chi connectivity index (χ0v) is 15.8. The Kier molecular flexibility index (Phi) is 6.11. The number of methoxy groups -OCH3 is 2. The van der Waals surface area contributed by atoms with Crippen molar-refractivity contribution in [3.05, 3.63) is 53.9 Å². The van der Waals surface area contributed by atoms with E-state index in [2.05, 4.69) is 10.1 Å². The Morgan fingerprint density at radius 1 is 1.11 bits per heavy atom. The van der Waals surface area contributed by atoms with Gasteiger partial charge in [0.05, 0.1) is 20.8 Å². The van der Waals surface area contributed by atoms with Crippen molar-refractivity contribution in [2.45, 2.75) is 13.5 Å². The number of ether oxygens (including phenoxy) is 4. The second kappa shape index (κ2) is 8.90.